The fourth-order valence-corrected chi connectivity index (χ4v) is 2.21. The Hall–Kier alpha value is -1.39. The van der Waals surface area contributed by atoms with E-state index in [1.807, 2.05) is 25.1 Å². The molecule has 1 amide bonds. The van der Waals surface area contributed by atoms with Gasteiger partial charge in [-0.25, -0.2) is 0 Å². The summed E-state index contributed by atoms with van der Waals surface area (Å²) in [6.45, 7) is 3.03. The predicted octanol–water partition coefficient (Wildman–Crippen LogP) is 1.15. The van der Waals surface area contributed by atoms with E-state index in [2.05, 4.69) is 11.4 Å². The minimum atomic E-state index is -0.125. The summed E-state index contributed by atoms with van der Waals surface area (Å²) in [5.41, 5.74) is 7.91. The van der Waals surface area contributed by atoms with Crippen molar-refractivity contribution in [2.24, 2.45) is 5.73 Å². The van der Waals surface area contributed by atoms with Crippen LogP contribution in [0.15, 0.2) is 24.3 Å². The van der Waals surface area contributed by atoms with Crippen LogP contribution in [0.5, 0.6) is 0 Å². The quantitative estimate of drug-likeness (QED) is 0.840. The Balaban J connectivity index is 2.01. The molecule has 1 heterocycles. The lowest BCUT2D eigenvalue weighted by Crippen LogP contribution is -2.38. The summed E-state index contributed by atoms with van der Waals surface area (Å²) in [6.07, 6.45) is 1.16. The van der Waals surface area contributed by atoms with Gasteiger partial charge in [0.15, 0.2) is 0 Å². The number of carbonyl (C=O) groups is 1. The van der Waals surface area contributed by atoms with Gasteiger partial charge in [-0.05, 0) is 24.5 Å². The monoisotopic (exact) mass is 248 g/mol. The summed E-state index contributed by atoms with van der Waals surface area (Å²) in [7, 11) is 0. The molecule has 18 heavy (non-hydrogen) atoms. The molecule has 4 heteroatoms. The average Bonchev–Trinajstić information content (AvgIpc) is 2.39. The maximum atomic E-state index is 11.8. The molecule has 0 radical (unpaired) electrons. The van der Waals surface area contributed by atoms with E-state index in [4.69, 9.17) is 10.5 Å². The smallest absolute Gasteiger partial charge is 0.223 e. The molecule has 0 saturated carbocycles. The molecule has 4 nitrogen and oxygen atoms in total. The largest absolute Gasteiger partial charge is 0.373 e. The normalized spacial score (nSPS) is 20.0. The molecular weight excluding hydrogens is 228 g/mol. The van der Waals surface area contributed by atoms with Gasteiger partial charge in [-0.1, -0.05) is 24.3 Å². The predicted molar refractivity (Wildman–Crippen MR) is 70.1 cm³/mol. The Morgan fingerprint density at radius 2 is 2.33 bits per heavy atom. The lowest BCUT2D eigenvalue weighted by molar-refractivity contribution is -0.125. The van der Waals surface area contributed by atoms with E-state index in [-0.39, 0.29) is 18.1 Å². The number of carbonyl (C=O) groups excluding carboxylic acids is 1. The number of benzene rings is 1. The lowest BCUT2D eigenvalue weighted by atomic mass is 9.95. The van der Waals surface area contributed by atoms with Crippen LogP contribution in [0.1, 0.15) is 30.6 Å². The van der Waals surface area contributed by atoms with Crippen LogP contribution in [0.4, 0.5) is 0 Å². The Bertz CT molecular complexity index is 420. The van der Waals surface area contributed by atoms with Gasteiger partial charge >= 0.3 is 0 Å². The third-order valence-electron chi connectivity index (χ3n) is 3.22. The highest BCUT2D eigenvalue weighted by molar-refractivity contribution is 5.77. The molecule has 1 aliphatic rings. The van der Waals surface area contributed by atoms with E-state index in [1.54, 1.807) is 0 Å². The number of ether oxygens (including phenoxy) is 1. The number of nitrogens with two attached hydrogens (primary N) is 1. The van der Waals surface area contributed by atoms with E-state index in [9.17, 15) is 4.79 Å². The number of nitrogens with one attached hydrogen (secondary N) is 1. The number of hydrogen-bond donors (Lipinski definition) is 2. The second kappa shape index (κ2) is 5.98. The van der Waals surface area contributed by atoms with Crippen molar-refractivity contribution in [3.63, 3.8) is 0 Å². The van der Waals surface area contributed by atoms with Crippen LogP contribution in [-0.2, 0) is 16.0 Å². The first-order valence-corrected chi connectivity index (χ1v) is 6.39. The van der Waals surface area contributed by atoms with Crippen molar-refractivity contribution in [2.45, 2.75) is 31.9 Å². The van der Waals surface area contributed by atoms with Gasteiger partial charge in [-0.15, -0.1) is 0 Å². The summed E-state index contributed by atoms with van der Waals surface area (Å²) >= 11 is 0. The van der Waals surface area contributed by atoms with Crippen molar-refractivity contribution >= 4 is 5.91 Å². The van der Waals surface area contributed by atoms with Crippen molar-refractivity contribution in [1.29, 1.82) is 0 Å². The van der Waals surface area contributed by atoms with Crippen LogP contribution in [-0.4, -0.2) is 25.1 Å². The topological polar surface area (TPSA) is 64.3 Å². The molecule has 0 aliphatic carbocycles. The molecule has 3 N–H and O–H groups in total. The second-order valence-corrected chi connectivity index (χ2v) is 4.72. The Labute approximate surface area is 108 Å². The van der Waals surface area contributed by atoms with Crippen LogP contribution in [0.3, 0.4) is 0 Å². The highest BCUT2D eigenvalue weighted by atomic mass is 16.5. The number of fused-ring (bicyclic) bond motifs is 1. The molecule has 0 bridgehead atoms. The zero-order chi connectivity index (χ0) is 13.0. The van der Waals surface area contributed by atoms with Gasteiger partial charge in [-0.2, -0.15) is 0 Å². The molecule has 0 fully saturated rings. The zero-order valence-electron chi connectivity index (χ0n) is 10.7. The summed E-state index contributed by atoms with van der Waals surface area (Å²) in [4.78, 5) is 11.8. The number of rotatable bonds is 4. The lowest BCUT2D eigenvalue weighted by Gasteiger charge is -2.26. The average molecular weight is 248 g/mol. The fraction of sp³-hybridized carbons (Fsp3) is 0.500. The van der Waals surface area contributed by atoms with E-state index in [0.717, 1.165) is 12.0 Å². The fourth-order valence-electron chi connectivity index (χ4n) is 2.21. The molecule has 1 aliphatic heterocycles. The molecule has 0 saturated heterocycles. The van der Waals surface area contributed by atoms with E-state index in [1.165, 1.54) is 5.56 Å². The number of amides is 1. The maximum absolute atomic E-state index is 11.8. The van der Waals surface area contributed by atoms with E-state index >= 15 is 0 Å². The van der Waals surface area contributed by atoms with Crippen LogP contribution >= 0.6 is 0 Å². The van der Waals surface area contributed by atoms with E-state index in [0.29, 0.717) is 19.6 Å². The Morgan fingerprint density at radius 3 is 3.11 bits per heavy atom. The van der Waals surface area contributed by atoms with Crippen molar-refractivity contribution < 1.29 is 9.53 Å². The molecule has 2 atom stereocenters. The highest BCUT2D eigenvalue weighted by Crippen LogP contribution is 2.29. The van der Waals surface area contributed by atoms with Crippen molar-refractivity contribution in [3.8, 4) is 0 Å². The van der Waals surface area contributed by atoms with Gasteiger partial charge in [0.1, 0.15) is 0 Å². The second-order valence-electron chi connectivity index (χ2n) is 4.72. The van der Waals surface area contributed by atoms with Gasteiger partial charge < -0.3 is 15.8 Å². The van der Waals surface area contributed by atoms with Crippen molar-refractivity contribution in [3.05, 3.63) is 35.4 Å². The molecule has 0 aromatic heterocycles. The third kappa shape index (κ3) is 3.09. The molecule has 1 unspecified atom stereocenters. The molecule has 0 spiro atoms. The van der Waals surface area contributed by atoms with Crippen LogP contribution in [0, 0.1) is 0 Å². The summed E-state index contributed by atoms with van der Waals surface area (Å²) < 4.78 is 5.70. The van der Waals surface area contributed by atoms with Crippen molar-refractivity contribution in [2.75, 3.05) is 13.2 Å². The third-order valence-corrected chi connectivity index (χ3v) is 3.22. The molecule has 1 aromatic carbocycles. The number of hydrogen-bond acceptors (Lipinski definition) is 3. The van der Waals surface area contributed by atoms with Crippen molar-refractivity contribution in [1.82, 2.24) is 5.32 Å². The van der Waals surface area contributed by atoms with Gasteiger partial charge in [0.2, 0.25) is 5.91 Å². The summed E-state index contributed by atoms with van der Waals surface area (Å²) in [5.74, 6) is -0.00495. The van der Waals surface area contributed by atoms with Crippen LogP contribution in [0.25, 0.3) is 0 Å². The van der Waals surface area contributed by atoms with Crippen LogP contribution < -0.4 is 11.1 Å². The van der Waals surface area contributed by atoms with Crippen LogP contribution in [0.2, 0.25) is 0 Å². The minimum absolute atomic E-state index is 0.00495. The zero-order valence-corrected chi connectivity index (χ0v) is 10.7. The first-order chi connectivity index (χ1) is 8.70. The Morgan fingerprint density at radius 1 is 1.56 bits per heavy atom. The SMILES string of the molecule is C[C@@H](CN)NC(=O)CC1OCCc2ccccc21. The van der Waals surface area contributed by atoms with Gasteiger partial charge in [0.05, 0.1) is 19.1 Å². The maximum Gasteiger partial charge on any atom is 0.223 e. The molecule has 98 valence electrons. The first-order valence-electron chi connectivity index (χ1n) is 6.39. The van der Waals surface area contributed by atoms with Gasteiger partial charge in [0, 0.05) is 12.6 Å². The Kier molecular flexibility index (Phi) is 4.33. The minimum Gasteiger partial charge on any atom is -0.373 e. The standard InChI is InChI=1S/C14H20N2O2/c1-10(9-15)16-14(17)8-13-12-5-3-2-4-11(12)6-7-18-13/h2-5,10,13H,6-9,15H2,1H3,(H,16,17)/t10-,13?/m0/s1. The van der Waals surface area contributed by atoms with Gasteiger partial charge in [0.25, 0.3) is 0 Å². The highest BCUT2D eigenvalue weighted by Gasteiger charge is 2.23. The molecule has 2 rings (SSSR count). The summed E-state index contributed by atoms with van der Waals surface area (Å²) in [6, 6.07) is 8.17. The van der Waals surface area contributed by atoms with E-state index < -0.39 is 0 Å². The van der Waals surface area contributed by atoms with Gasteiger partial charge in [-0.3, -0.25) is 4.79 Å². The summed E-state index contributed by atoms with van der Waals surface area (Å²) in [5, 5.41) is 2.86. The molecule has 1 aromatic rings. The molecular formula is C14H20N2O2. The first kappa shape index (κ1) is 13.1.